The SMILES string of the molecule is COc1ccccc1-c1nnc(C2=C(O)c3ccccc3S(=O)(=O)N2C)o1. The molecular formula is C18H15N3O5S. The third-order valence-corrected chi connectivity index (χ3v) is 6.10. The molecule has 0 spiro atoms. The van der Waals surface area contributed by atoms with E-state index in [2.05, 4.69) is 10.2 Å². The van der Waals surface area contributed by atoms with Gasteiger partial charge < -0.3 is 14.3 Å². The van der Waals surface area contributed by atoms with E-state index in [0.29, 0.717) is 11.3 Å². The minimum atomic E-state index is -3.86. The number of benzene rings is 2. The van der Waals surface area contributed by atoms with Crippen LogP contribution in [0, 0.1) is 0 Å². The average Bonchev–Trinajstić information content (AvgIpc) is 3.16. The molecule has 0 bridgehead atoms. The zero-order valence-corrected chi connectivity index (χ0v) is 15.3. The van der Waals surface area contributed by atoms with Crippen molar-refractivity contribution in [3.63, 3.8) is 0 Å². The lowest BCUT2D eigenvalue weighted by molar-refractivity contribution is 0.414. The number of aliphatic hydroxyl groups excluding tert-OH is 1. The molecule has 1 aliphatic rings. The first-order valence-corrected chi connectivity index (χ1v) is 9.38. The van der Waals surface area contributed by atoms with E-state index in [9.17, 15) is 13.5 Å². The van der Waals surface area contributed by atoms with Gasteiger partial charge in [-0.3, -0.25) is 4.31 Å². The van der Waals surface area contributed by atoms with Crippen molar-refractivity contribution in [2.45, 2.75) is 4.90 Å². The van der Waals surface area contributed by atoms with E-state index < -0.39 is 10.0 Å². The maximum absolute atomic E-state index is 12.8. The number of hydrogen-bond donors (Lipinski definition) is 1. The molecule has 138 valence electrons. The normalized spacial score (nSPS) is 15.6. The lowest BCUT2D eigenvalue weighted by Gasteiger charge is -2.27. The van der Waals surface area contributed by atoms with Gasteiger partial charge in [-0.05, 0) is 24.3 Å². The van der Waals surface area contributed by atoms with Gasteiger partial charge in [-0.1, -0.05) is 24.3 Å². The van der Waals surface area contributed by atoms with Crippen LogP contribution >= 0.6 is 0 Å². The van der Waals surface area contributed by atoms with Crippen molar-refractivity contribution in [1.29, 1.82) is 0 Å². The summed E-state index contributed by atoms with van der Waals surface area (Å²) in [6.07, 6.45) is 0. The highest BCUT2D eigenvalue weighted by molar-refractivity contribution is 7.89. The van der Waals surface area contributed by atoms with E-state index in [1.165, 1.54) is 26.3 Å². The molecule has 2 heterocycles. The molecule has 0 unspecified atom stereocenters. The highest BCUT2D eigenvalue weighted by atomic mass is 32.2. The van der Waals surface area contributed by atoms with E-state index in [0.717, 1.165) is 4.31 Å². The van der Waals surface area contributed by atoms with E-state index in [1.807, 2.05) is 0 Å². The molecule has 2 aromatic carbocycles. The first-order chi connectivity index (χ1) is 12.9. The monoisotopic (exact) mass is 385 g/mol. The molecule has 0 amide bonds. The van der Waals surface area contributed by atoms with Crippen LogP contribution in [-0.2, 0) is 10.0 Å². The Balaban J connectivity index is 1.88. The van der Waals surface area contributed by atoms with Gasteiger partial charge in [0, 0.05) is 12.6 Å². The van der Waals surface area contributed by atoms with Crippen molar-refractivity contribution in [3.8, 4) is 17.2 Å². The van der Waals surface area contributed by atoms with Crippen molar-refractivity contribution in [2.24, 2.45) is 0 Å². The molecule has 0 saturated heterocycles. The van der Waals surface area contributed by atoms with Crippen LogP contribution < -0.4 is 4.74 Å². The minimum absolute atomic E-state index is 0.0122. The van der Waals surface area contributed by atoms with E-state index >= 15 is 0 Å². The topological polar surface area (TPSA) is 106 Å². The highest BCUT2D eigenvalue weighted by Gasteiger charge is 2.37. The van der Waals surface area contributed by atoms with Crippen LogP contribution in [0.2, 0.25) is 0 Å². The zero-order valence-electron chi connectivity index (χ0n) is 14.4. The molecule has 3 aromatic rings. The number of nitrogens with zero attached hydrogens (tertiary/aromatic N) is 3. The predicted molar refractivity (Wildman–Crippen MR) is 97.1 cm³/mol. The van der Waals surface area contributed by atoms with Gasteiger partial charge in [0.1, 0.15) is 5.75 Å². The van der Waals surface area contributed by atoms with Gasteiger partial charge in [0.25, 0.3) is 21.8 Å². The van der Waals surface area contributed by atoms with E-state index in [-0.39, 0.29) is 33.7 Å². The van der Waals surface area contributed by atoms with Gasteiger partial charge in [0.05, 0.1) is 17.6 Å². The number of aromatic nitrogens is 2. The molecular weight excluding hydrogens is 370 g/mol. The van der Waals surface area contributed by atoms with Crippen LogP contribution in [0.15, 0.2) is 57.8 Å². The smallest absolute Gasteiger partial charge is 0.269 e. The summed E-state index contributed by atoms with van der Waals surface area (Å²) in [5.74, 6) is 0.306. The molecule has 1 N–H and O–H groups in total. The highest BCUT2D eigenvalue weighted by Crippen LogP contribution is 2.39. The predicted octanol–water partition coefficient (Wildman–Crippen LogP) is 2.76. The number of para-hydroxylation sites is 1. The van der Waals surface area contributed by atoms with Gasteiger partial charge >= 0.3 is 0 Å². The van der Waals surface area contributed by atoms with Crippen molar-refractivity contribution in [2.75, 3.05) is 14.2 Å². The molecule has 0 saturated carbocycles. The Bertz CT molecular complexity index is 1170. The standard InChI is InChI=1S/C18H15N3O5S/c1-21-15(16(22)12-8-4-6-10-14(12)27(21,23)24)18-20-19-17(26-18)11-7-3-5-9-13(11)25-2/h3-10,22H,1-2H3. The van der Waals surface area contributed by atoms with Gasteiger partial charge in [-0.25, -0.2) is 8.42 Å². The summed E-state index contributed by atoms with van der Waals surface area (Å²) in [6, 6.07) is 13.2. The van der Waals surface area contributed by atoms with Crippen LogP contribution in [0.5, 0.6) is 5.75 Å². The third kappa shape index (κ3) is 2.55. The Morgan fingerprint density at radius 1 is 1.00 bits per heavy atom. The number of rotatable bonds is 3. The summed E-state index contributed by atoms with van der Waals surface area (Å²) in [5.41, 5.74) is 0.658. The van der Waals surface area contributed by atoms with E-state index in [4.69, 9.17) is 9.15 Å². The maximum atomic E-state index is 12.8. The van der Waals surface area contributed by atoms with Gasteiger partial charge in [0.15, 0.2) is 11.5 Å². The molecule has 0 radical (unpaired) electrons. The second kappa shape index (κ2) is 6.13. The van der Waals surface area contributed by atoms with Gasteiger partial charge in [0.2, 0.25) is 0 Å². The Labute approximate surface area is 155 Å². The fourth-order valence-electron chi connectivity index (χ4n) is 2.92. The van der Waals surface area contributed by atoms with Crippen molar-refractivity contribution < 1.29 is 22.7 Å². The fraction of sp³-hybridized carbons (Fsp3) is 0.111. The van der Waals surface area contributed by atoms with E-state index in [1.54, 1.807) is 36.4 Å². The maximum Gasteiger partial charge on any atom is 0.269 e. The molecule has 1 aromatic heterocycles. The summed E-state index contributed by atoms with van der Waals surface area (Å²) < 4.78 is 37.5. The number of methoxy groups -OCH3 is 1. The van der Waals surface area contributed by atoms with Crippen molar-refractivity contribution in [3.05, 3.63) is 60.0 Å². The van der Waals surface area contributed by atoms with Crippen LogP contribution in [0.3, 0.4) is 0 Å². The molecule has 0 atom stereocenters. The molecule has 0 fully saturated rings. The first-order valence-electron chi connectivity index (χ1n) is 7.94. The molecule has 27 heavy (non-hydrogen) atoms. The average molecular weight is 385 g/mol. The van der Waals surface area contributed by atoms with Crippen molar-refractivity contribution >= 4 is 21.5 Å². The Morgan fingerprint density at radius 3 is 2.37 bits per heavy atom. The minimum Gasteiger partial charge on any atom is -0.505 e. The van der Waals surface area contributed by atoms with Crippen molar-refractivity contribution in [1.82, 2.24) is 14.5 Å². The quantitative estimate of drug-likeness (QED) is 0.739. The second-order valence-corrected chi connectivity index (χ2v) is 7.72. The van der Waals surface area contributed by atoms with Crippen LogP contribution in [0.25, 0.3) is 22.9 Å². The Hall–Kier alpha value is -3.33. The number of aliphatic hydroxyl groups is 1. The summed E-state index contributed by atoms with van der Waals surface area (Å²) in [4.78, 5) is 0.0122. The van der Waals surface area contributed by atoms with Gasteiger partial charge in [-0.15, -0.1) is 10.2 Å². The van der Waals surface area contributed by atoms with Crippen LogP contribution in [0.4, 0.5) is 0 Å². The summed E-state index contributed by atoms with van der Waals surface area (Å²) >= 11 is 0. The molecule has 0 aliphatic carbocycles. The van der Waals surface area contributed by atoms with Crippen LogP contribution in [0.1, 0.15) is 11.5 Å². The van der Waals surface area contributed by atoms with Gasteiger partial charge in [-0.2, -0.15) is 0 Å². The number of fused-ring (bicyclic) bond motifs is 1. The lowest BCUT2D eigenvalue weighted by atomic mass is 10.1. The Kier molecular flexibility index (Phi) is 3.88. The Morgan fingerprint density at radius 2 is 1.63 bits per heavy atom. The molecule has 1 aliphatic heterocycles. The second-order valence-electron chi connectivity index (χ2n) is 5.78. The molecule has 9 heteroatoms. The molecule has 8 nitrogen and oxygen atoms in total. The number of hydrogen-bond acceptors (Lipinski definition) is 7. The first kappa shape index (κ1) is 17.1. The summed E-state index contributed by atoms with van der Waals surface area (Å²) in [5, 5.41) is 18.6. The zero-order chi connectivity index (χ0) is 19.2. The fourth-order valence-corrected chi connectivity index (χ4v) is 4.31. The van der Waals surface area contributed by atoms with Crippen LogP contribution in [-0.4, -0.2) is 42.2 Å². The number of sulfonamides is 1. The molecule has 4 rings (SSSR count). The largest absolute Gasteiger partial charge is 0.505 e. The third-order valence-electron chi connectivity index (χ3n) is 4.28. The number of ether oxygens (including phenoxy) is 1. The summed E-state index contributed by atoms with van der Waals surface area (Å²) in [7, 11) is -1.02. The summed E-state index contributed by atoms with van der Waals surface area (Å²) in [6.45, 7) is 0. The lowest BCUT2D eigenvalue weighted by Crippen LogP contribution is -2.30.